The van der Waals surface area contributed by atoms with Gasteiger partial charge < -0.3 is 10.2 Å². The molecule has 1 atom stereocenters. The average Bonchev–Trinajstić information content (AvgIpc) is 2.51. The number of nitrogens with one attached hydrogen (secondary N) is 1. The van der Waals surface area contributed by atoms with Crippen LogP contribution in [0.3, 0.4) is 0 Å². The maximum atomic E-state index is 12.0. The molecule has 3 heteroatoms. The Hall–Kier alpha value is -0.570. The molecule has 3 nitrogen and oxygen atoms in total. The molecular weight excluding hydrogens is 260 g/mol. The largest absolute Gasteiger partial charge is 0.352 e. The zero-order valence-electron chi connectivity index (χ0n) is 13.9. The van der Waals surface area contributed by atoms with E-state index < -0.39 is 0 Å². The predicted molar refractivity (Wildman–Crippen MR) is 88.3 cm³/mol. The Bertz CT molecular complexity index is 298. The summed E-state index contributed by atoms with van der Waals surface area (Å²) >= 11 is 0. The van der Waals surface area contributed by atoms with E-state index in [1.807, 2.05) is 0 Å². The molecule has 1 amide bonds. The maximum absolute atomic E-state index is 12.0. The lowest BCUT2D eigenvalue weighted by atomic mass is 9.84. The molecule has 0 aromatic carbocycles. The first kappa shape index (κ1) is 16.8. The lowest BCUT2D eigenvalue weighted by Gasteiger charge is -2.44. The number of carbonyl (C=O) groups excluding carboxylic acids is 1. The molecule has 0 aromatic heterocycles. The van der Waals surface area contributed by atoms with Gasteiger partial charge >= 0.3 is 0 Å². The minimum absolute atomic E-state index is 0.291. The van der Waals surface area contributed by atoms with E-state index in [0.29, 0.717) is 11.9 Å². The number of hydrogen-bond donors (Lipinski definition) is 1. The third-order valence-electron chi connectivity index (χ3n) is 5.26. The molecule has 0 aromatic rings. The molecule has 3 aliphatic rings. The van der Waals surface area contributed by atoms with Crippen molar-refractivity contribution in [2.45, 2.75) is 83.6 Å². The lowest BCUT2D eigenvalue weighted by Crippen LogP contribution is -2.57. The minimum Gasteiger partial charge on any atom is -0.352 e. The Morgan fingerprint density at radius 3 is 2.19 bits per heavy atom. The fourth-order valence-electron chi connectivity index (χ4n) is 3.83. The zero-order chi connectivity index (χ0) is 14.9. The van der Waals surface area contributed by atoms with Gasteiger partial charge in [0, 0.05) is 19.0 Å². The van der Waals surface area contributed by atoms with Crippen LogP contribution in [0.25, 0.3) is 0 Å². The second-order valence-electron chi connectivity index (χ2n) is 7.04. The van der Waals surface area contributed by atoms with E-state index in [0.717, 1.165) is 25.3 Å². The number of amides is 1. The second-order valence-corrected chi connectivity index (χ2v) is 7.04. The van der Waals surface area contributed by atoms with E-state index in [1.165, 1.54) is 70.9 Å². The first-order valence-electron chi connectivity index (χ1n) is 9.31. The first-order chi connectivity index (χ1) is 10.3. The predicted octanol–water partition coefficient (Wildman–Crippen LogP) is 3.73. The van der Waals surface area contributed by atoms with E-state index in [-0.39, 0.29) is 0 Å². The Labute approximate surface area is 130 Å². The topological polar surface area (TPSA) is 32.3 Å². The molecular formula is C18H34N2O. The highest BCUT2D eigenvalue weighted by molar-refractivity contribution is 5.76. The molecule has 1 unspecified atom stereocenters. The van der Waals surface area contributed by atoms with Crippen LogP contribution in [0.2, 0.25) is 0 Å². The van der Waals surface area contributed by atoms with Crippen LogP contribution in [0.4, 0.5) is 0 Å². The van der Waals surface area contributed by atoms with Crippen molar-refractivity contribution < 1.29 is 4.79 Å². The molecule has 1 N–H and O–H groups in total. The number of nitrogens with zero attached hydrogens (tertiary/aromatic N) is 1. The number of hydrogen-bond acceptors (Lipinski definition) is 2. The summed E-state index contributed by atoms with van der Waals surface area (Å²) in [4.78, 5) is 14.5. The number of piperidine rings is 3. The van der Waals surface area contributed by atoms with Crippen molar-refractivity contribution in [2.24, 2.45) is 5.92 Å². The van der Waals surface area contributed by atoms with Gasteiger partial charge in [0.1, 0.15) is 0 Å². The molecule has 0 spiro atoms. The monoisotopic (exact) mass is 294 g/mol. The molecule has 3 fully saturated rings. The van der Waals surface area contributed by atoms with Crippen molar-refractivity contribution in [2.75, 3.05) is 19.6 Å². The van der Waals surface area contributed by atoms with Gasteiger partial charge in [0.25, 0.3) is 0 Å². The minimum atomic E-state index is 0.291. The van der Waals surface area contributed by atoms with E-state index in [4.69, 9.17) is 0 Å². The summed E-state index contributed by atoms with van der Waals surface area (Å²) in [5.74, 6) is 1.04. The molecule has 3 rings (SSSR count). The molecule has 3 heterocycles. The number of rotatable bonds is 10. The number of fused-ring (bicyclic) bond motifs is 3. The van der Waals surface area contributed by atoms with Crippen LogP contribution in [0, 0.1) is 5.92 Å². The highest BCUT2D eigenvalue weighted by Gasteiger charge is 2.34. The standard InChI is InChI=1S/C18H34N2O/c1-2-3-4-5-6-7-8-9-10-18(21)19-17-15-20-13-11-16(17)12-14-20/h16-17H,2-15H2,1H3,(H,19,21). The SMILES string of the molecule is CCCCCCCCCCC(=O)NC1CN2CCC1CC2. The summed E-state index contributed by atoms with van der Waals surface area (Å²) in [6, 6.07) is 0.439. The van der Waals surface area contributed by atoms with Crippen LogP contribution in [-0.4, -0.2) is 36.5 Å². The van der Waals surface area contributed by atoms with Gasteiger partial charge in [0.2, 0.25) is 5.91 Å². The fraction of sp³-hybridized carbons (Fsp3) is 0.944. The van der Waals surface area contributed by atoms with Crippen LogP contribution in [-0.2, 0) is 4.79 Å². The average molecular weight is 294 g/mol. The van der Waals surface area contributed by atoms with Crippen LogP contribution >= 0.6 is 0 Å². The fourth-order valence-corrected chi connectivity index (χ4v) is 3.83. The molecule has 3 aliphatic heterocycles. The summed E-state index contributed by atoms with van der Waals surface area (Å²) in [7, 11) is 0. The quantitative estimate of drug-likeness (QED) is 0.623. The molecule has 2 bridgehead atoms. The summed E-state index contributed by atoms with van der Waals surface area (Å²) in [6.45, 7) is 5.84. The number of carbonyl (C=O) groups is 1. The third kappa shape index (κ3) is 5.98. The molecule has 0 aliphatic carbocycles. The normalized spacial score (nSPS) is 27.8. The van der Waals surface area contributed by atoms with E-state index in [1.54, 1.807) is 0 Å². The molecule has 122 valence electrons. The smallest absolute Gasteiger partial charge is 0.220 e. The van der Waals surface area contributed by atoms with E-state index >= 15 is 0 Å². The highest BCUT2D eigenvalue weighted by atomic mass is 16.1. The third-order valence-corrected chi connectivity index (χ3v) is 5.26. The summed E-state index contributed by atoms with van der Waals surface area (Å²) < 4.78 is 0. The van der Waals surface area contributed by atoms with Gasteiger partial charge in [-0.2, -0.15) is 0 Å². The van der Waals surface area contributed by atoms with Gasteiger partial charge in [0.05, 0.1) is 0 Å². The Balaban J connectivity index is 1.46. The summed E-state index contributed by atoms with van der Waals surface area (Å²) in [6.07, 6.45) is 13.7. The highest BCUT2D eigenvalue weighted by Crippen LogP contribution is 2.27. The van der Waals surface area contributed by atoms with E-state index in [2.05, 4.69) is 17.1 Å². The Morgan fingerprint density at radius 1 is 1.00 bits per heavy atom. The zero-order valence-corrected chi connectivity index (χ0v) is 13.9. The molecule has 3 saturated heterocycles. The Morgan fingerprint density at radius 2 is 1.62 bits per heavy atom. The van der Waals surface area contributed by atoms with Crippen LogP contribution in [0.1, 0.15) is 77.6 Å². The van der Waals surface area contributed by atoms with Gasteiger partial charge in [-0.05, 0) is 38.3 Å². The Kier molecular flexibility index (Phi) is 7.56. The van der Waals surface area contributed by atoms with Crippen molar-refractivity contribution in [3.05, 3.63) is 0 Å². The van der Waals surface area contributed by atoms with Gasteiger partial charge in [0.15, 0.2) is 0 Å². The lowest BCUT2D eigenvalue weighted by molar-refractivity contribution is -0.123. The maximum Gasteiger partial charge on any atom is 0.220 e. The van der Waals surface area contributed by atoms with Crippen molar-refractivity contribution in [3.63, 3.8) is 0 Å². The summed E-state index contributed by atoms with van der Waals surface area (Å²) in [5, 5.41) is 3.29. The summed E-state index contributed by atoms with van der Waals surface area (Å²) in [5.41, 5.74) is 0. The first-order valence-corrected chi connectivity index (χ1v) is 9.31. The van der Waals surface area contributed by atoms with Crippen LogP contribution < -0.4 is 5.32 Å². The van der Waals surface area contributed by atoms with Crippen molar-refractivity contribution in [1.82, 2.24) is 10.2 Å². The van der Waals surface area contributed by atoms with E-state index in [9.17, 15) is 4.79 Å². The van der Waals surface area contributed by atoms with Gasteiger partial charge in [-0.1, -0.05) is 51.9 Å². The molecule has 0 radical (unpaired) electrons. The van der Waals surface area contributed by atoms with Crippen LogP contribution in [0.15, 0.2) is 0 Å². The molecule has 21 heavy (non-hydrogen) atoms. The van der Waals surface area contributed by atoms with Gasteiger partial charge in [-0.15, -0.1) is 0 Å². The van der Waals surface area contributed by atoms with Gasteiger partial charge in [-0.25, -0.2) is 0 Å². The molecule has 0 saturated carbocycles. The van der Waals surface area contributed by atoms with Gasteiger partial charge in [-0.3, -0.25) is 4.79 Å². The second kappa shape index (κ2) is 9.45. The van der Waals surface area contributed by atoms with Crippen LogP contribution in [0.5, 0.6) is 0 Å². The van der Waals surface area contributed by atoms with Crippen molar-refractivity contribution >= 4 is 5.91 Å². The van der Waals surface area contributed by atoms with Crippen molar-refractivity contribution in [3.8, 4) is 0 Å². The number of unbranched alkanes of at least 4 members (excludes halogenated alkanes) is 7. The van der Waals surface area contributed by atoms with Crippen molar-refractivity contribution in [1.29, 1.82) is 0 Å².